The minimum atomic E-state index is -0.516. The number of thioether (sulfide) groups is 1. The monoisotopic (exact) mass is 321 g/mol. The van der Waals surface area contributed by atoms with E-state index in [1.165, 1.54) is 11.0 Å². The lowest BCUT2D eigenvalue weighted by Crippen LogP contribution is -2.29. The van der Waals surface area contributed by atoms with E-state index in [1.807, 2.05) is 30.5 Å². The molecule has 0 bridgehead atoms. The summed E-state index contributed by atoms with van der Waals surface area (Å²) in [5.41, 5.74) is 0.916. The molecule has 0 fully saturated rings. The highest BCUT2D eigenvalue weighted by Gasteiger charge is 2.04. The summed E-state index contributed by atoms with van der Waals surface area (Å²) < 4.78 is 4.89. The summed E-state index contributed by atoms with van der Waals surface area (Å²) in [6, 6.07) is 7.82. The number of ether oxygens (including phenoxy) is 1. The largest absolute Gasteiger partial charge is 0.452 e. The molecule has 0 radical (unpaired) electrons. The Balaban J connectivity index is 2.27. The van der Waals surface area contributed by atoms with Gasteiger partial charge in [-0.25, -0.2) is 4.79 Å². The van der Waals surface area contributed by atoms with Gasteiger partial charge >= 0.3 is 5.97 Å². The fraction of sp³-hybridized carbons (Fsp3) is 0.412. The van der Waals surface area contributed by atoms with Crippen molar-refractivity contribution in [2.75, 3.05) is 19.4 Å². The number of benzene rings is 1. The van der Waals surface area contributed by atoms with E-state index in [0.29, 0.717) is 6.54 Å². The van der Waals surface area contributed by atoms with Gasteiger partial charge in [-0.1, -0.05) is 31.9 Å². The molecule has 0 saturated heterocycles. The first-order chi connectivity index (χ1) is 10.7. The van der Waals surface area contributed by atoms with Crippen LogP contribution in [0.3, 0.4) is 0 Å². The Morgan fingerprint density at radius 3 is 2.59 bits per heavy atom. The SMILES string of the molecule is CCCCCNC(=O)COC(=O)/C=C/c1ccc(SC)cc1. The van der Waals surface area contributed by atoms with Crippen LogP contribution >= 0.6 is 11.8 Å². The number of esters is 1. The molecule has 1 N–H and O–H groups in total. The van der Waals surface area contributed by atoms with Crippen LogP contribution in [0.2, 0.25) is 0 Å². The highest BCUT2D eigenvalue weighted by Crippen LogP contribution is 2.15. The first kappa shape index (κ1) is 18.3. The molecule has 4 nitrogen and oxygen atoms in total. The maximum absolute atomic E-state index is 11.5. The van der Waals surface area contributed by atoms with E-state index in [9.17, 15) is 9.59 Å². The molecule has 0 aliphatic carbocycles. The molecule has 22 heavy (non-hydrogen) atoms. The lowest BCUT2D eigenvalue weighted by atomic mass is 10.2. The van der Waals surface area contributed by atoms with Gasteiger partial charge in [-0.3, -0.25) is 4.79 Å². The van der Waals surface area contributed by atoms with E-state index >= 15 is 0 Å². The van der Waals surface area contributed by atoms with E-state index in [1.54, 1.807) is 17.8 Å². The van der Waals surface area contributed by atoms with Crippen molar-refractivity contribution >= 4 is 29.7 Å². The average molecular weight is 321 g/mol. The van der Waals surface area contributed by atoms with Crippen molar-refractivity contribution in [2.45, 2.75) is 31.1 Å². The van der Waals surface area contributed by atoms with Gasteiger partial charge in [0.25, 0.3) is 5.91 Å². The van der Waals surface area contributed by atoms with E-state index in [0.717, 1.165) is 24.8 Å². The molecule has 0 unspecified atom stereocenters. The molecule has 0 spiro atoms. The van der Waals surface area contributed by atoms with Crippen molar-refractivity contribution in [3.63, 3.8) is 0 Å². The molecule has 0 aliphatic rings. The lowest BCUT2D eigenvalue weighted by Gasteiger charge is -2.04. The predicted octanol–water partition coefficient (Wildman–Crippen LogP) is 3.27. The van der Waals surface area contributed by atoms with E-state index in [-0.39, 0.29) is 12.5 Å². The van der Waals surface area contributed by atoms with E-state index < -0.39 is 5.97 Å². The number of amides is 1. The van der Waals surface area contributed by atoms with Crippen LogP contribution in [0.1, 0.15) is 31.7 Å². The van der Waals surface area contributed by atoms with Crippen molar-refractivity contribution in [2.24, 2.45) is 0 Å². The van der Waals surface area contributed by atoms with Crippen LogP contribution in [-0.4, -0.2) is 31.3 Å². The molecular formula is C17H23NO3S. The number of carbonyl (C=O) groups excluding carboxylic acids is 2. The molecule has 1 rings (SSSR count). The number of hydrogen-bond acceptors (Lipinski definition) is 4. The van der Waals surface area contributed by atoms with Gasteiger partial charge in [0.1, 0.15) is 0 Å². The van der Waals surface area contributed by atoms with Crippen molar-refractivity contribution in [1.82, 2.24) is 5.32 Å². The summed E-state index contributed by atoms with van der Waals surface area (Å²) in [6.45, 7) is 2.49. The summed E-state index contributed by atoms with van der Waals surface area (Å²) >= 11 is 1.66. The van der Waals surface area contributed by atoms with Crippen molar-refractivity contribution < 1.29 is 14.3 Å². The van der Waals surface area contributed by atoms with Crippen LogP contribution < -0.4 is 5.32 Å². The Kier molecular flexibility index (Phi) is 9.07. The number of hydrogen-bond donors (Lipinski definition) is 1. The van der Waals surface area contributed by atoms with Gasteiger partial charge in [0, 0.05) is 17.5 Å². The fourth-order valence-corrected chi connectivity index (χ4v) is 2.13. The number of nitrogens with one attached hydrogen (secondary N) is 1. The minimum absolute atomic E-state index is 0.235. The Hall–Kier alpha value is -1.75. The van der Waals surface area contributed by atoms with Crippen LogP contribution in [0.5, 0.6) is 0 Å². The third-order valence-corrected chi connectivity index (χ3v) is 3.72. The van der Waals surface area contributed by atoms with Gasteiger partial charge in [0.2, 0.25) is 0 Å². The lowest BCUT2D eigenvalue weighted by molar-refractivity contribution is -0.143. The standard InChI is InChI=1S/C17H23NO3S/c1-3-4-5-12-18-16(19)13-21-17(20)11-8-14-6-9-15(22-2)10-7-14/h6-11H,3-5,12-13H2,1-2H3,(H,18,19)/b11-8+. The predicted molar refractivity (Wildman–Crippen MR) is 90.8 cm³/mol. The molecule has 120 valence electrons. The number of carbonyl (C=O) groups is 2. The third kappa shape index (κ3) is 7.88. The molecule has 0 atom stereocenters. The molecule has 0 aliphatic heterocycles. The molecule has 0 saturated carbocycles. The number of rotatable bonds is 9. The summed E-state index contributed by atoms with van der Waals surface area (Å²) in [5.74, 6) is -0.778. The molecule has 5 heteroatoms. The highest BCUT2D eigenvalue weighted by atomic mass is 32.2. The van der Waals surface area contributed by atoms with E-state index in [4.69, 9.17) is 4.74 Å². The van der Waals surface area contributed by atoms with Crippen LogP contribution in [0.4, 0.5) is 0 Å². The van der Waals surface area contributed by atoms with Gasteiger partial charge < -0.3 is 10.1 Å². The molecule has 0 aromatic heterocycles. The summed E-state index contributed by atoms with van der Waals surface area (Å²) in [6.07, 6.45) is 8.15. The van der Waals surface area contributed by atoms with E-state index in [2.05, 4.69) is 12.2 Å². The van der Waals surface area contributed by atoms with Crippen LogP contribution in [-0.2, 0) is 14.3 Å². The van der Waals surface area contributed by atoms with Gasteiger partial charge in [0.15, 0.2) is 6.61 Å². The molecule has 1 aromatic carbocycles. The van der Waals surface area contributed by atoms with Crippen molar-refractivity contribution in [1.29, 1.82) is 0 Å². The number of unbranched alkanes of at least 4 members (excludes halogenated alkanes) is 2. The highest BCUT2D eigenvalue weighted by molar-refractivity contribution is 7.98. The van der Waals surface area contributed by atoms with Crippen LogP contribution in [0.25, 0.3) is 6.08 Å². The zero-order valence-electron chi connectivity index (χ0n) is 13.1. The smallest absolute Gasteiger partial charge is 0.331 e. The normalized spacial score (nSPS) is 10.6. The van der Waals surface area contributed by atoms with Crippen LogP contribution in [0.15, 0.2) is 35.2 Å². The van der Waals surface area contributed by atoms with Gasteiger partial charge in [-0.2, -0.15) is 0 Å². The molecular weight excluding hydrogens is 298 g/mol. The average Bonchev–Trinajstić information content (AvgIpc) is 2.55. The quantitative estimate of drug-likeness (QED) is 0.328. The van der Waals surface area contributed by atoms with Crippen LogP contribution in [0, 0.1) is 0 Å². The first-order valence-electron chi connectivity index (χ1n) is 7.41. The van der Waals surface area contributed by atoms with Gasteiger partial charge in [-0.15, -0.1) is 11.8 Å². The Morgan fingerprint density at radius 1 is 1.23 bits per heavy atom. The maximum atomic E-state index is 11.5. The topological polar surface area (TPSA) is 55.4 Å². The minimum Gasteiger partial charge on any atom is -0.452 e. The fourth-order valence-electron chi connectivity index (χ4n) is 1.72. The van der Waals surface area contributed by atoms with Crippen molar-refractivity contribution in [3.8, 4) is 0 Å². The third-order valence-electron chi connectivity index (χ3n) is 2.98. The molecule has 0 heterocycles. The second-order valence-electron chi connectivity index (χ2n) is 4.77. The maximum Gasteiger partial charge on any atom is 0.331 e. The van der Waals surface area contributed by atoms with Gasteiger partial charge in [-0.05, 0) is 36.4 Å². The second kappa shape index (κ2) is 10.9. The molecule has 1 amide bonds. The Labute approximate surface area is 136 Å². The first-order valence-corrected chi connectivity index (χ1v) is 8.63. The molecule has 1 aromatic rings. The van der Waals surface area contributed by atoms with Gasteiger partial charge in [0.05, 0.1) is 0 Å². The summed E-state index contributed by atoms with van der Waals surface area (Å²) in [4.78, 5) is 24.1. The van der Waals surface area contributed by atoms with Crippen molar-refractivity contribution in [3.05, 3.63) is 35.9 Å². The Morgan fingerprint density at radius 2 is 1.95 bits per heavy atom. The zero-order valence-corrected chi connectivity index (χ0v) is 13.9. The second-order valence-corrected chi connectivity index (χ2v) is 5.65. The zero-order chi connectivity index (χ0) is 16.2. The summed E-state index contributed by atoms with van der Waals surface area (Å²) in [7, 11) is 0. The summed E-state index contributed by atoms with van der Waals surface area (Å²) in [5, 5.41) is 2.72. The Bertz CT molecular complexity index is 497.